The van der Waals surface area contributed by atoms with Gasteiger partial charge in [0.2, 0.25) is 0 Å². The molecular weight excluding hydrogens is 268 g/mol. The van der Waals surface area contributed by atoms with Gasteiger partial charge in [-0.1, -0.05) is 6.08 Å². The summed E-state index contributed by atoms with van der Waals surface area (Å²) < 4.78 is 2.85. The molecule has 0 aliphatic rings. The maximum absolute atomic E-state index is 11.8. The van der Waals surface area contributed by atoms with Crippen molar-refractivity contribution < 1.29 is 0 Å². The highest BCUT2D eigenvalue weighted by Gasteiger charge is 2.04. The van der Waals surface area contributed by atoms with E-state index in [1.165, 1.54) is 9.36 Å². The lowest BCUT2D eigenvalue weighted by Crippen LogP contribution is -2.13. The Balaban J connectivity index is 2.23. The first-order valence-corrected chi connectivity index (χ1v) is 6.52. The monoisotopic (exact) mass is 286 g/mol. The smallest absolute Gasteiger partial charge is 0.274 e. The zero-order chi connectivity index (χ0) is 15.6. The van der Waals surface area contributed by atoms with Gasteiger partial charge in [-0.3, -0.25) is 29.2 Å². The summed E-state index contributed by atoms with van der Waals surface area (Å²) >= 11 is 0. The fourth-order valence-corrected chi connectivity index (χ4v) is 2.10. The molecule has 6 nitrogen and oxygen atoms in total. The Bertz CT molecular complexity index is 865. The Hall–Kier alpha value is -2.72. The third-order valence-corrected chi connectivity index (χ3v) is 3.23. The molecule has 21 heavy (non-hydrogen) atoms. The van der Waals surface area contributed by atoms with Gasteiger partial charge < -0.3 is 0 Å². The van der Waals surface area contributed by atoms with Crippen LogP contribution in [0.15, 0.2) is 27.5 Å². The Labute approximate surface area is 121 Å². The van der Waals surface area contributed by atoms with Gasteiger partial charge in [-0.25, -0.2) is 0 Å². The van der Waals surface area contributed by atoms with E-state index in [1.54, 1.807) is 38.4 Å². The summed E-state index contributed by atoms with van der Waals surface area (Å²) in [6, 6.07) is 0. The van der Waals surface area contributed by atoms with Crippen LogP contribution in [0.25, 0.3) is 12.2 Å². The molecule has 2 rings (SSSR count). The second kappa shape index (κ2) is 5.73. The quantitative estimate of drug-likeness (QED) is 0.658. The first-order valence-electron chi connectivity index (χ1n) is 6.52. The third kappa shape index (κ3) is 2.90. The van der Waals surface area contributed by atoms with Crippen LogP contribution in [-0.2, 0) is 14.1 Å². The van der Waals surface area contributed by atoms with Gasteiger partial charge in [0.1, 0.15) is 0 Å². The molecule has 0 atom stereocenters. The van der Waals surface area contributed by atoms with Crippen LogP contribution in [0.2, 0.25) is 0 Å². The molecule has 2 N–H and O–H groups in total. The average molecular weight is 286 g/mol. The van der Waals surface area contributed by atoms with Crippen molar-refractivity contribution in [2.24, 2.45) is 14.1 Å². The van der Waals surface area contributed by atoms with Gasteiger partial charge in [0, 0.05) is 25.5 Å². The first kappa shape index (κ1) is 14.7. The van der Waals surface area contributed by atoms with Crippen molar-refractivity contribution in [3.63, 3.8) is 0 Å². The van der Waals surface area contributed by atoms with E-state index >= 15 is 0 Å². The molecule has 0 amide bonds. The number of hydrogen-bond acceptors (Lipinski definition) is 2. The van der Waals surface area contributed by atoms with E-state index in [2.05, 4.69) is 15.9 Å². The summed E-state index contributed by atoms with van der Waals surface area (Å²) in [5.41, 5.74) is 5.56. The highest BCUT2D eigenvalue weighted by atomic mass is 16.1. The molecule has 0 radical (unpaired) electrons. The molecule has 110 valence electrons. The van der Waals surface area contributed by atoms with Gasteiger partial charge >= 0.3 is 0 Å². The van der Waals surface area contributed by atoms with Crippen LogP contribution in [0.5, 0.6) is 0 Å². The lowest BCUT2D eigenvalue weighted by Gasteiger charge is -1.84. The van der Waals surface area contributed by atoms with E-state index < -0.39 is 0 Å². The molecule has 0 spiro atoms. The summed E-state index contributed by atoms with van der Waals surface area (Å²) in [4.78, 5) is 23.5. The Morgan fingerprint density at radius 3 is 1.95 bits per heavy atom. The van der Waals surface area contributed by atoms with E-state index in [1.807, 2.05) is 13.8 Å². The number of rotatable bonds is 3. The zero-order valence-electron chi connectivity index (χ0n) is 12.5. The number of aryl methyl sites for hydroxylation is 4. The molecular formula is C15H18N4O2. The van der Waals surface area contributed by atoms with Crippen molar-refractivity contribution in [1.29, 1.82) is 0 Å². The minimum absolute atomic E-state index is 0.0727. The molecule has 0 bridgehead atoms. The van der Waals surface area contributed by atoms with E-state index in [0.717, 1.165) is 11.4 Å². The standard InChI is InChI=1S/C15H18N4O2/c1-10-12(14(20)18(3)16-10)8-6-5-7-9-13-11(2)17-19(4)15(13)21/h5-6,8-9,16-17H,1-4H3. The molecule has 2 aromatic rings. The summed E-state index contributed by atoms with van der Waals surface area (Å²) in [5, 5.41) is 5.84. The highest BCUT2D eigenvalue weighted by Crippen LogP contribution is 2.02. The topological polar surface area (TPSA) is 75.6 Å². The van der Waals surface area contributed by atoms with Gasteiger partial charge in [0.15, 0.2) is 0 Å². The number of aromatic amines is 2. The number of aromatic nitrogens is 4. The highest BCUT2D eigenvalue weighted by molar-refractivity contribution is 5.54. The van der Waals surface area contributed by atoms with Crippen molar-refractivity contribution in [1.82, 2.24) is 19.6 Å². The number of nitrogens with zero attached hydrogens (tertiary/aromatic N) is 2. The first-order chi connectivity index (χ1) is 9.91. The molecule has 0 saturated carbocycles. The zero-order valence-corrected chi connectivity index (χ0v) is 12.5. The lowest BCUT2D eigenvalue weighted by atomic mass is 10.2. The molecule has 0 saturated heterocycles. The minimum atomic E-state index is -0.0901. The Morgan fingerprint density at radius 1 is 0.952 bits per heavy atom. The molecule has 0 unspecified atom stereocenters. The lowest BCUT2D eigenvalue weighted by molar-refractivity contribution is 0.730. The Morgan fingerprint density at radius 2 is 1.48 bits per heavy atom. The fraction of sp³-hybridized carbons (Fsp3) is 0.267. The van der Waals surface area contributed by atoms with Gasteiger partial charge in [-0.2, -0.15) is 0 Å². The van der Waals surface area contributed by atoms with Crippen LogP contribution < -0.4 is 11.1 Å². The SMILES string of the molecule is Cc1[nH]n(C)c(=O)c1C=C=CC=Cc1c(C)[nH]n(C)c1=O. The number of hydrogen-bond donors (Lipinski definition) is 2. The van der Waals surface area contributed by atoms with Crippen LogP contribution >= 0.6 is 0 Å². The van der Waals surface area contributed by atoms with Gasteiger partial charge in [-0.15, -0.1) is 5.73 Å². The predicted octanol–water partition coefficient (Wildman–Crippen LogP) is 1.24. The fourth-order valence-electron chi connectivity index (χ4n) is 2.10. The maximum atomic E-state index is 11.8. The Kier molecular flexibility index (Phi) is 4.00. The van der Waals surface area contributed by atoms with Gasteiger partial charge in [0.05, 0.1) is 11.1 Å². The summed E-state index contributed by atoms with van der Waals surface area (Å²) in [5.74, 6) is 0. The van der Waals surface area contributed by atoms with Crippen LogP contribution in [0.1, 0.15) is 22.5 Å². The summed E-state index contributed by atoms with van der Waals surface area (Å²) in [6.07, 6.45) is 6.73. The summed E-state index contributed by atoms with van der Waals surface area (Å²) in [6.45, 7) is 3.67. The predicted molar refractivity (Wildman–Crippen MR) is 83.1 cm³/mol. The van der Waals surface area contributed by atoms with Crippen molar-refractivity contribution in [2.75, 3.05) is 0 Å². The minimum Gasteiger partial charge on any atom is -0.300 e. The van der Waals surface area contributed by atoms with Gasteiger partial charge in [-0.05, 0) is 32.1 Å². The molecule has 0 aromatic carbocycles. The van der Waals surface area contributed by atoms with Gasteiger partial charge in [0.25, 0.3) is 11.1 Å². The average Bonchev–Trinajstić information content (AvgIpc) is 2.80. The third-order valence-electron chi connectivity index (χ3n) is 3.23. The molecule has 2 heterocycles. The molecule has 2 aromatic heterocycles. The van der Waals surface area contributed by atoms with E-state index in [0.29, 0.717) is 11.1 Å². The molecule has 0 fully saturated rings. The normalized spacial score (nSPS) is 10.9. The van der Waals surface area contributed by atoms with Crippen molar-refractivity contribution in [2.45, 2.75) is 13.8 Å². The second-order valence-corrected chi connectivity index (χ2v) is 4.87. The van der Waals surface area contributed by atoms with Crippen LogP contribution in [0, 0.1) is 13.8 Å². The molecule has 6 heteroatoms. The van der Waals surface area contributed by atoms with Crippen molar-refractivity contribution in [3.8, 4) is 0 Å². The van der Waals surface area contributed by atoms with Crippen LogP contribution in [-0.4, -0.2) is 19.6 Å². The van der Waals surface area contributed by atoms with Crippen LogP contribution in [0.3, 0.4) is 0 Å². The molecule has 0 aliphatic heterocycles. The number of nitrogens with one attached hydrogen (secondary N) is 2. The van der Waals surface area contributed by atoms with E-state index in [9.17, 15) is 9.59 Å². The maximum Gasteiger partial charge on any atom is 0.274 e. The number of allylic oxidation sites excluding steroid dienone is 2. The summed E-state index contributed by atoms with van der Waals surface area (Å²) in [7, 11) is 3.34. The van der Waals surface area contributed by atoms with E-state index in [4.69, 9.17) is 0 Å². The van der Waals surface area contributed by atoms with Crippen molar-refractivity contribution in [3.05, 3.63) is 61.1 Å². The second-order valence-electron chi connectivity index (χ2n) is 4.87. The number of H-pyrrole nitrogens is 2. The van der Waals surface area contributed by atoms with Crippen LogP contribution in [0.4, 0.5) is 0 Å². The van der Waals surface area contributed by atoms with E-state index in [-0.39, 0.29) is 11.1 Å². The van der Waals surface area contributed by atoms with Crippen molar-refractivity contribution >= 4 is 12.2 Å². The largest absolute Gasteiger partial charge is 0.300 e. The molecule has 0 aliphatic carbocycles.